The third-order valence-electron chi connectivity index (χ3n) is 2.20. The molecule has 94 valence electrons. The van der Waals surface area contributed by atoms with Crippen molar-refractivity contribution in [1.29, 1.82) is 0 Å². The Morgan fingerprint density at radius 1 is 1.25 bits per heavy atom. The highest BCUT2D eigenvalue weighted by atomic mass is 32.1. The molecule has 0 spiro atoms. The first-order chi connectivity index (χ1) is 7.57. The minimum absolute atomic E-state index is 0.0763. The largest absolute Gasteiger partial charge is 0.459 e. The van der Waals surface area contributed by atoms with Crippen LogP contribution in [0.25, 0.3) is 0 Å². The molecule has 0 aliphatic rings. The lowest BCUT2D eigenvalue weighted by molar-refractivity contribution is -0.141. The second-order valence-electron chi connectivity index (χ2n) is 4.25. The molecule has 0 unspecified atom stereocenters. The number of hydrogen-bond donors (Lipinski definition) is 1. The molecule has 0 N–H and O–H groups in total. The number of rotatable bonds is 8. The predicted molar refractivity (Wildman–Crippen MR) is 71.7 cm³/mol. The van der Waals surface area contributed by atoms with Crippen molar-refractivity contribution in [3.63, 3.8) is 0 Å². The minimum Gasteiger partial charge on any atom is -0.459 e. The van der Waals surface area contributed by atoms with E-state index >= 15 is 0 Å². The van der Waals surface area contributed by atoms with E-state index in [-0.39, 0.29) is 12.1 Å². The summed E-state index contributed by atoms with van der Waals surface area (Å²) < 4.78 is 5.02. The molecule has 0 radical (unpaired) electrons. The maximum absolute atomic E-state index is 11.4. The van der Waals surface area contributed by atoms with Gasteiger partial charge in [-0.2, -0.15) is 0 Å². The fourth-order valence-corrected chi connectivity index (χ4v) is 1.53. The van der Waals surface area contributed by atoms with Crippen molar-refractivity contribution in [2.24, 2.45) is 0 Å². The van der Waals surface area contributed by atoms with Gasteiger partial charge in [-0.3, -0.25) is 0 Å². The van der Waals surface area contributed by atoms with Crippen LogP contribution in [-0.2, 0) is 9.53 Å². The van der Waals surface area contributed by atoms with Crippen molar-refractivity contribution in [2.45, 2.75) is 65.4 Å². The van der Waals surface area contributed by atoms with Crippen LogP contribution in [0.1, 0.15) is 59.3 Å². The van der Waals surface area contributed by atoms with Gasteiger partial charge < -0.3 is 4.74 Å². The van der Waals surface area contributed by atoms with E-state index in [0.717, 1.165) is 12.8 Å². The Balaban J connectivity index is 3.65. The highest BCUT2D eigenvalue weighted by molar-refractivity contribution is 7.85. The Bertz CT molecular complexity index is 222. The molecule has 0 aromatic heterocycles. The first kappa shape index (κ1) is 15.6. The Morgan fingerprint density at radius 3 is 2.44 bits per heavy atom. The van der Waals surface area contributed by atoms with Crippen LogP contribution in [0.15, 0.2) is 11.0 Å². The smallest absolute Gasteiger partial charge is 0.344 e. The zero-order valence-corrected chi connectivity index (χ0v) is 11.6. The summed E-state index contributed by atoms with van der Waals surface area (Å²) in [6.45, 7) is 5.88. The van der Waals surface area contributed by atoms with E-state index in [0.29, 0.717) is 4.91 Å². The van der Waals surface area contributed by atoms with E-state index in [1.807, 2.05) is 19.9 Å². The molecule has 0 aliphatic carbocycles. The zero-order chi connectivity index (χ0) is 12.4. The summed E-state index contributed by atoms with van der Waals surface area (Å²) in [6, 6.07) is 0. The second kappa shape index (κ2) is 9.76. The normalized spacial score (nSPS) is 11.9. The Hall–Kier alpha value is -0.440. The van der Waals surface area contributed by atoms with Gasteiger partial charge in [-0.1, -0.05) is 38.7 Å². The zero-order valence-electron chi connectivity index (χ0n) is 10.7. The maximum atomic E-state index is 11.4. The molecular formula is C13H24O2S. The molecule has 0 aliphatic heterocycles. The van der Waals surface area contributed by atoms with E-state index in [4.69, 9.17) is 4.74 Å². The number of unbranched alkanes of at least 4 members (excludes halogenated alkanes) is 5. The summed E-state index contributed by atoms with van der Waals surface area (Å²) in [7, 11) is 0. The molecule has 0 heterocycles. The summed E-state index contributed by atoms with van der Waals surface area (Å²) in [4.78, 5) is 11.8. The number of hydrogen-bond acceptors (Lipinski definition) is 3. The summed E-state index contributed by atoms with van der Waals surface area (Å²) in [6.07, 6.45) is 8.89. The molecule has 16 heavy (non-hydrogen) atoms. The number of thiol groups is 1. The van der Waals surface area contributed by atoms with Crippen molar-refractivity contribution >= 4 is 18.6 Å². The van der Waals surface area contributed by atoms with Crippen LogP contribution in [0.4, 0.5) is 0 Å². The molecule has 2 nitrogen and oxygen atoms in total. The highest BCUT2D eigenvalue weighted by Crippen LogP contribution is 2.10. The van der Waals surface area contributed by atoms with Crippen LogP contribution in [0.5, 0.6) is 0 Å². The molecule has 0 atom stereocenters. The van der Waals surface area contributed by atoms with Crippen LogP contribution in [-0.4, -0.2) is 12.1 Å². The average Bonchev–Trinajstić information content (AvgIpc) is 2.21. The summed E-state index contributed by atoms with van der Waals surface area (Å²) in [5.41, 5.74) is 0. The van der Waals surface area contributed by atoms with Crippen LogP contribution in [0, 0.1) is 0 Å². The standard InChI is InChI=1S/C13H24O2S/c1-4-5-6-7-8-9-10-12(16)13(14)15-11(2)3/h10-11,16H,4-9H2,1-3H3/b12-10-. The number of carbonyl (C=O) groups is 1. The third kappa shape index (κ3) is 8.84. The molecule has 0 bridgehead atoms. The number of esters is 1. The van der Waals surface area contributed by atoms with E-state index in [1.165, 1.54) is 25.7 Å². The van der Waals surface area contributed by atoms with Gasteiger partial charge in [0, 0.05) is 0 Å². The van der Waals surface area contributed by atoms with Crippen molar-refractivity contribution < 1.29 is 9.53 Å². The lowest BCUT2D eigenvalue weighted by Crippen LogP contribution is -2.11. The van der Waals surface area contributed by atoms with Gasteiger partial charge in [0.05, 0.1) is 11.0 Å². The molecule has 0 aromatic carbocycles. The lowest BCUT2D eigenvalue weighted by Gasteiger charge is -2.07. The number of allylic oxidation sites excluding steroid dienone is 1. The number of carbonyl (C=O) groups excluding carboxylic acids is 1. The molecule has 0 rings (SSSR count). The minimum atomic E-state index is -0.313. The first-order valence-corrected chi connectivity index (χ1v) is 6.62. The van der Waals surface area contributed by atoms with E-state index in [9.17, 15) is 4.79 Å². The van der Waals surface area contributed by atoms with Gasteiger partial charge in [0.1, 0.15) is 0 Å². The quantitative estimate of drug-likeness (QED) is 0.301. The number of ether oxygens (including phenoxy) is 1. The van der Waals surface area contributed by atoms with Gasteiger partial charge in [0.15, 0.2) is 0 Å². The molecule has 3 heteroatoms. The first-order valence-electron chi connectivity index (χ1n) is 6.18. The molecule has 0 saturated carbocycles. The molecule has 0 fully saturated rings. The maximum Gasteiger partial charge on any atom is 0.344 e. The van der Waals surface area contributed by atoms with Crippen molar-refractivity contribution in [3.05, 3.63) is 11.0 Å². The average molecular weight is 244 g/mol. The van der Waals surface area contributed by atoms with Crippen LogP contribution in [0.2, 0.25) is 0 Å². The van der Waals surface area contributed by atoms with Crippen LogP contribution in [0.3, 0.4) is 0 Å². The van der Waals surface area contributed by atoms with Gasteiger partial charge in [-0.05, 0) is 26.7 Å². The summed E-state index contributed by atoms with van der Waals surface area (Å²) >= 11 is 4.13. The summed E-state index contributed by atoms with van der Waals surface area (Å²) in [5.74, 6) is -0.313. The van der Waals surface area contributed by atoms with Crippen LogP contribution >= 0.6 is 12.6 Å². The van der Waals surface area contributed by atoms with Crippen molar-refractivity contribution in [2.75, 3.05) is 0 Å². The Morgan fingerprint density at radius 2 is 1.88 bits per heavy atom. The molecule has 0 amide bonds. The van der Waals surface area contributed by atoms with Crippen LogP contribution < -0.4 is 0 Å². The molecule has 0 saturated heterocycles. The fraction of sp³-hybridized carbons (Fsp3) is 0.769. The van der Waals surface area contributed by atoms with Gasteiger partial charge in [0.25, 0.3) is 0 Å². The molecular weight excluding hydrogens is 220 g/mol. The van der Waals surface area contributed by atoms with Crippen molar-refractivity contribution in [3.8, 4) is 0 Å². The highest BCUT2D eigenvalue weighted by Gasteiger charge is 2.07. The van der Waals surface area contributed by atoms with Gasteiger partial charge >= 0.3 is 5.97 Å². The fourth-order valence-electron chi connectivity index (χ4n) is 1.34. The molecule has 0 aromatic rings. The lowest BCUT2D eigenvalue weighted by atomic mass is 10.1. The van der Waals surface area contributed by atoms with E-state index in [1.54, 1.807) is 0 Å². The predicted octanol–water partition coefficient (Wildman–Crippen LogP) is 4.11. The van der Waals surface area contributed by atoms with Crippen molar-refractivity contribution in [1.82, 2.24) is 0 Å². The Kier molecular flexibility index (Phi) is 9.49. The third-order valence-corrected chi connectivity index (χ3v) is 2.56. The summed E-state index contributed by atoms with van der Waals surface area (Å²) in [5, 5.41) is 0. The van der Waals surface area contributed by atoms with E-state index < -0.39 is 0 Å². The Labute approximate surface area is 105 Å². The van der Waals surface area contributed by atoms with Gasteiger partial charge in [-0.15, -0.1) is 12.6 Å². The topological polar surface area (TPSA) is 26.3 Å². The second-order valence-corrected chi connectivity index (χ2v) is 4.73. The monoisotopic (exact) mass is 244 g/mol. The SMILES string of the molecule is CCCCCCC/C=C(\S)C(=O)OC(C)C. The van der Waals surface area contributed by atoms with Gasteiger partial charge in [0.2, 0.25) is 0 Å². The van der Waals surface area contributed by atoms with E-state index in [2.05, 4.69) is 19.6 Å². The van der Waals surface area contributed by atoms with Gasteiger partial charge in [-0.25, -0.2) is 4.79 Å².